The number of hydrogen-bond donors (Lipinski definition) is 2. The van der Waals surface area contributed by atoms with Gasteiger partial charge in [0.25, 0.3) is 5.91 Å². The molecule has 1 aromatic carbocycles. The number of hydrogen-bond acceptors (Lipinski definition) is 4. The van der Waals surface area contributed by atoms with Gasteiger partial charge in [-0.15, -0.1) is 0 Å². The van der Waals surface area contributed by atoms with Crippen LogP contribution >= 0.6 is 0 Å². The van der Waals surface area contributed by atoms with Crippen LogP contribution < -0.4 is 5.32 Å². The van der Waals surface area contributed by atoms with E-state index in [0.717, 1.165) is 5.56 Å². The highest BCUT2D eigenvalue weighted by molar-refractivity contribution is 6.05. The zero-order chi connectivity index (χ0) is 15.2. The summed E-state index contributed by atoms with van der Waals surface area (Å²) in [5.74, 6) is 5.81. The molecule has 0 saturated carbocycles. The van der Waals surface area contributed by atoms with Crippen LogP contribution in [0.2, 0.25) is 0 Å². The van der Waals surface area contributed by atoms with Gasteiger partial charge >= 0.3 is 0 Å². The SMILES string of the molecule is Cc1ccc(C#CCCO)c(C(=O)Nc2ncnn2C)c1. The molecule has 108 valence electrons. The summed E-state index contributed by atoms with van der Waals surface area (Å²) in [7, 11) is 1.70. The van der Waals surface area contributed by atoms with Gasteiger partial charge < -0.3 is 5.11 Å². The molecule has 0 fully saturated rings. The summed E-state index contributed by atoms with van der Waals surface area (Å²) in [5, 5.41) is 15.4. The third-order valence-corrected chi connectivity index (χ3v) is 2.82. The number of amides is 1. The van der Waals surface area contributed by atoms with Crippen LogP contribution in [0.5, 0.6) is 0 Å². The number of aryl methyl sites for hydroxylation is 2. The highest BCUT2D eigenvalue weighted by atomic mass is 16.2. The van der Waals surface area contributed by atoms with Crippen LogP contribution in [-0.2, 0) is 7.05 Å². The molecule has 2 aromatic rings. The summed E-state index contributed by atoms with van der Waals surface area (Å²) >= 11 is 0. The van der Waals surface area contributed by atoms with Gasteiger partial charge in [-0.05, 0) is 19.1 Å². The molecule has 6 nitrogen and oxygen atoms in total. The number of carbonyl (C=O) groups excluding carboxylic acids is 1. The highest BCUT2D eigenvalue weighted by Gasteiger charge is 2.13. The van der Waals surface area contributed by atoms with Crippen molar-refractivity contribution in [1.82, 2.24) is 14.8 Å². The quantitative estimate of drug-likeness (QED) is 0.827. The lowest BCUT2D eigenvalue weighted by Crippen LogP contribution is -2.16. The second-order valence-corrected chi connectivity index (χ2v) is 4.49. The van der Waals surface area contributed by atoms with E-state index >= 15 is 0 Å². The summed E-state index contributed by atoms with van der Waals surface area (Å²) in [6.45, 7) is 1.91. The molecule has 0 spiro atoms. The lowest BCUT2D eigenvalue weighted by molar-refractivity contribution is 0.102. The van der Waals surface area contributed by atoms with E-state index in [1.54, 1.807) is 19.2 Å². The van der Waals surface area contributed by atoms with E-state index in [1.807, 2.05) is 13.0 Å². The Bertz CT molecular complexity index is 710. The summed E-state index contributed by atoms with van der Waals surface area (Å²) in [6, 6.07) is 5.46. The molecule has 0 atom stereocenters. The highest BCUT2D eigenvalue weighted by Crippen LogP contribution is 2.13. The number of aliphatic hydroxyl groups excluding tert-OH is 1. The van der Waals surface area contributed by atoms with Crippen molar-refractivity contribution in [3.05, 3.63) is 41.2 Å². The molecule has 1 aromatic heterocycles. The van der Waals surface area contributed by atoms with E-state index in [2.05, 4.69) is 27.2 Å². The molecule has 0 saturated heterocycles. The zero-order valence-electron chi connectivity index (χ0n) is 11.9. The zero-order valence-corrected chi connectivity index (χ0v) is 11.9. The Labute approximate surface area is 122 Å². The third-order valence-electron chi connectivity index (χ3n) is 2.82. The number of benzene rings is 1. The van der Waals surface area contributed by atoms with E-state index in [1.165, 1.54) is 11.0 Å². The predicted molar refractivity (Wildman–Crippen MR) is 78.7 cm³/mol. The topological polar surface area (TPSA) is 80.0 Å². The summed E-state index contributed by atoms with van der Waals surface area (Å²) in [5.41, 5.74) is 2.06. The van der Waals surface area contributed by atoms with Crippen LogP contribution in [-0.4, -0.2) is 32.4 Å². The summed E-state index contributed by atoms with van der Waals surface area (Å²) in [4.78, 5) is 16.3. The van der Waals surface area contributed by atoms with Gasteiger partial charge in [0, 0.05) is 19.0 Å². The fourth-order valence-electron chi connectivity index (χ4n) is 1.75. The van der Waals surface area contributed by atoms with Gasteiger partial charge in [0.15, 0.2) is 0 Å². The fraction of sp³-hybridized carbons (Fsp3) is 0.267. The number of carbonyl (C=O) groups is 1. The molecule has 21 heavy (non-hydrogen) atoms. The maximum absolute atomic E-state index is 12.4. The summed E-state index contributed by atoms with van der Waals surface area (Å²) < 4.78 is 1.48. The number of nitrogens with zero attached hydrogens (tertiary/aromatic N) is 3. The van der Waals surface area contributed by atoms with E-state index in [-0.39, 0.29) is 12.5 Å². The fourth-order valence-corrected chi connectivity index (χ4v) is 1.75. The lowest BCUT2D eigenvalue weighted by atomic mass is 10.0. The van der Waals surface area contributed by atoms with Crippen LogP contribution in [0.25, 0.3) is 0 Å². The Hall–Kier alpha value is -2.65. The van der Waals surface area contributed by atoms with Crippen LogP contribution in [0, 0.1) is 18.8 Å². The van der Waals surface area contributed by atoms with Crippen molar-refractivity contribution in [2.45, 2.75) is 13.3 Å². The first-order valence-corrected chi connectivity index (χ1v) is 6.47. The minimum absolute atomic E-state index is 0.000664. The summed E-state index contributed by atoms with van der Waals surface area (Å²) in [6.07, 6.45) is 1.74. The minimum atomic E-state index is -0.289. The largest absolute Gasteiger partial charge is 0.395 e. The van der Waals surface area contributed by atoms with Crippen molar-refractivity contribution in [3.8, 4) is 11.8 Å². The van der Waals surface area contributed by atoms with Gasteiger partial charge in [-0.1, -0.05) is 23.5 Å². The van der Waals surface area contributed by atoms with E-state index < -0.39 is 0 Å². The maximum Gasteiger partial charge on any atom is 0.259 e. The molecule has 0 aliphatic carbocycles. The van der Waals surface area contributed by atoms with Crippen LogP contribution in [0.3, 0.4) is 0 Å². The smallest absolute Gasteiger partial charge is 0.259 e. The Balaban J connectivity index is 2.29. The second kappa shape index (κ2) is 6.68. The van der Waals surface area contributed by atoms with E-state index in [4.69, 9.17) is 5.11 Å². The van der Waals surface area contributed by atoms with Gasteiger partial charge in [0.1, 0.15) is 6.33 Å². The van der Waals surface area contributed by atoms with Crippen LogP contribution in [0.15, 0.2) is 24.5 Å². The van der Waals surface area contributed by atoms with E-state index in [0.29, 0.717) is 23.5 Å². The molecular formula is C15H16N4O2. The predicted octanol–water partition coefficient (Wildman–Crippen LogP) is 1.11. The molecular weight excluding hydrogens is 268 g/mol. The van der Waals surface area contributed by atoms with Gasteiger partial charge in [0.05, 0.1) is 12.2 Å². The van der Waals surface area contributed by atoms with Gasteiger partial charge in [-0.25, -0.2) is 4.68 Å². The average Bonchev–Trinajstić information content (AvgIpc) is 2.86. The number of anilines is 1. The van der Waals surface area contributed by atoms with Crippen molar-refractivity contribution < 1.29 is 9.90 Å². The average molecular weight is 284 g/mol. The molecule has 1 amide bonds. The molecule has 0 aliphatic rings. The maximum atomic E-state index is 12.4. The first-order chi connectivity index (χ1) is 10.1. The molecule has 0 unspecified atom stereocenters. The molecule has 0 aliphatic heterocycles. The monoisotopic (exact) mass is 284 g/mol. The first-order valence-electron chi connectivity index (χ1n) is 6.47. The number of nitrogens with one attached hydrogen (secondary N) is 1. The Kier molecular flexibility index (Phi) is 4.69. The van der Waals surface area contributed by atoms with Crippen molar-refractivity contribution in [2.24, 2.45) is 7.05 Å². The van der Waals surface area contributed by atoms with E-state index in [9.17, 15) is 4.79 Å². The Morgan fingerprint density at radius 1 is 1.48 bits per heavy atom. The molecule has 0 radical (unpaired) electrons. The van der Waals surface area contributed by atoms with Crippen LogP contribution in [0.1, 0.15) is 27.9 Å². The van der Waals surface area contributed by atoms with Gasteiger partial charge in [-0.2, -0.15) is 10.1 Å². The Morgan fingerprint density at radius 2 is 2.29 bits per heavy atom. The van der Waals surface area contributed by atoms with Crippen molar-refractivity contribution in [1.29, 1.82) is 0 Å². The molecule has 0 bridgehead atoms. The molecule has 6 heteroatoms. The number of aliphatic hydroxyl groups is 1. The minimum Gasteiger partial charge on any atom is -0.395 e. The normalized spacial score (nSPS) is 9.86. The van der Waals surface area contributed by atoms with Crippen LogP contribution in [0.4, 0.5) is 5.95 Å². The number of rotatable bonds is 3. The molecule has 1 heterocycles. The van der Waals surface area contributed by atoms with Crippen molar-refractivity contribution in [2.75, 3.05) is 11.9 Å². The Morgan fingerprint density at radius 3 is 2.95 bits per heavy atom. The van der Waals surface area contributed by atoms with Crippen molar-refractivity contribution >= 4 is 11.9 Å². The molecule has 2 rings (SSSR count). The number of aromatic nitrogens is 3. The van der Waals surface area contributed by atoms with Crippen molar-refractivity contribution in [3.63, 3.8) is 0 Å². The first kappa shape index (κ1) is 14.8. The third kappa shape index (κ3) is 3.68. The van der Waals surface area contributed by atoms with Gasteiger partial charge in [0.2, 0.25) is 5.95 Å². The van der Waals surface area contributed by atoms with Gasteiger partial charge in [-0.3, -0.25) is 10.1 Å². The standard InChI is InChI=1S/C15H16N4O2/c1-11-6-7-12(5-3-4-8-20)13(9-11)14(21)18-15-16-10-17-19(15)2/h6-7,9-10,20H,4,8H2,1-2H3,(H,16,17,18,21). The second-order valence-electron chi connectivity index (χ2n) is 4.49. The lowest BCUT2D eigenvalue weighted by Gasteiger charge is -2.07. The molecule has 2 N–H and O–H groups in total.